The Morgan fingerprint density at radius 3 is 2.07 bits per heavy atom. The first-order chi connectivity index (χ1) is 21.4. The van der Waals surface area contributed by atoms with Gasteiger partial charge in [-0.25, -0.2) is 8.78 Å². The molecule has 1 unspecified atom stereocenters. The Balaban J connectivity index is 0.000000669. The Kier molecular flexibility index (Phi) is 16.4. The molecule has 0 spiro atoms. The topological polar surface area (TPSA) is 87.9 Å². The van der Waals surface area contributed by atoms with Gasteiger partial charge in [0.2, 0.25) is 0 Å². The van der Waals surface area contributed by atoms with E-state index in [0.29, 0.717) is 49.5 Å². The molecule has 0 heterocycles. The molecule has 2 amide bonds. The molecular weight excluding hydrogens is 574 g/mol. The highest BCUT2D eigenvalue weighted by molar-refractivity contribution is 6.00. The standard InChI is InChI=1S/C29H44N4O3.C7H6F2/c1-6-12-33(13-7-2)29(35)26-16-24(19-32(4)5)15-25(17-26)28(34)31-18-27(30)21-36-20-23-11-9-10-22(8-3)14-23;1-5-2-6(8)4-7(9)3-5/h9-11,14-17,27H,6-8,12-13,18-21,30H2,1-5H3,(H,31,34);2-4H,1H3. The van der Waals surface area contributed by atoms with Crippen LogP contribution >= 0.6 is 0 Å². The number of hydrogen-bond donors (Lipinski definition) is 2. The number of nitrogens with one attached hydrogen (secondary N) is 1. The Labute approximate surface area is 267 Å². The fraction of sp³-hybridized carbons (Fsp3) is 0.444. The van der Waals surface area contributed by atoms with Crippen molar-refractivity contribution in [1.82, 2.24) is 15.1 Å². The highest BCUT2D eigenvalue weighted by Gasteiger charge is 2.18. The van der Waals surface area contributed by atoms with Crippen molar-refractivity contribution in [3.63, 3.8) is 0 Å². The van der Waals surface area contributed by atoms with Crippen LogP contribution in [0, 0.1) is 18.6 Å². The number of ether oxygens (including phenoxy) is 1. The number of rotatable bonds is 15. The zero-order valence-corrected chi connectivity index (χ0v) is 27.7. The van der Waals surface area contributed by atoms with E-state index in [1.54, 1.807) is 13.0 Å². The molecule has 1 atom stereocenters. The molecule has 0 saturated heterocycles. The number of hydrogen-bond acceptors (Lipinski definition) is 5. The lowest BCUT2D eigenvalue weighted by Gasteiger charge is -2.22. The van der Waals surface area contributed by atoms with Crippen molar-refractivity contribution in [3.8, 4) is 0 Å². The minimum atomic E-state index is -0.521. The molecule has 0 aromatic heterocycles. The molecule has 0 aliphatic heterocycles. The highest BCUT2D eigenvalue weighted by Crippen LogP contribution is 2.16. The lowest BCUT2D eigenvalue weighted by molar-refractivity contribution is 0.0755. The number of amides is 2. The Hall–Kier alpha value is -3.66. The molecule has 0 radical (unpaired) electrons. The monoisotopic (exact) mass is 624 g/mol. The molecule has 3 aromatic carbocycles. The van der Waals surface area contributed by atoms with Crippen molar-refractivity contribution >= 4 is 11.8 Å². The van der Waals surface area contributed by atoms with Gasteiger partial charge in [-0.05, 0) is 92.9 Å². The maximum absolute atomic E-state index is 13.2. The SMILES string of the molecule is CCCN(CCC)C(=O)c1cc(CN(C)C)cc(C(=O)NCC(N)COCc2cccc(CC)c2)c1.Cc1cc(F)cc(F)c1. The van der Waals surface area contributed by atoms with Gasteiger partial charge in [-0.2, -0.15) is 0 Å². The third kappa shape index (κ3) is 13.9. The molecule has 0 saturated carbocycles. The van der Waals surface area contributed by atoms with E-state index in [9.17, 15) is 18.4 Å². The van der Waals surface area contributed by atoms with Gasteiger partial charge in [0.25, 0.3) is 11.8 Å². The quantitative estimate of drug-likeness (QED) is 0.213. The number of nitrogens with zero attached hydrogens (tertiary/aromatic N) is 2. The van der Waals surface area contributed by atoms with Crippen molar-refractivity contribution in [1.29, 1.82) is 0 Å². The summed E-state index contributed by atoms with van der Waals surface area (Å²) in [5, 5.41) is 2.91. The summed E-state index contributed by atoms with van der Waals surface area (Å²) in [4.78, 5) is 30.1. The number of carbonyl (C=O) groups excluding carboxylic acids is 2. The van der Waals surface area contributed by atoms with Crippen LogP contribution < -0.4 is 11.1 Å². The molecule has 0 fully saturated rings. The molecule has 9 heteroatoms. The molecule has 7 nitrogen and oxygen atoms in total. The second-order valence-electron chi connectivity index (χ2n) is 11.6. The Bertz CT molecular complexity index is 1310. The van der Waals surface area contributed by atoms with Crippen LogP contribution in [0.3, 0.4) is 0 Å². The first kappa shape index (κ1) is 37.5. The van der Waals surface area contributed by atoms with E-state index in [-0.39, 0.29) is 24.4 Å². The number of halogens is 2. The first-order valence-corrected chi connectivity index (χ1v) is 15.7. The van der Waals surface area contributed by atoms with E-state index in [4.69, 9.17) is 10.5 Å². The molecule has 3 N–H and O–H groups in total. The predicted octanol–water partition coefficient (Wildman–Crippen LogP) is 6.12. The molecular formula is C36H50F2N4O3. The predicted molar refractivity (Wildman–Crippen MR) is 177 cm³/mol. The van der Waals surface area contributed by atoms with Crippen LogP contribution in [-0.2, 0) is 24.3 Å². The molecule has 246 valence electrons. The van der Waals surface area contributed by atoms with Crippen LogP contribution in [0.25, 0.3) is 0 Å². The van der Waals surface area contributed by atoms with Crippen molar-refractivity contribution < 1.29 is 23.1 Å². The smallest absolute Gasteiger partial charge is 0.253 e. The van der Waals surface area contributed by atoms with Crippen LogP contribution in [0.15, 0.2) is 60.7 Å². The van der Waals surface area contributed by atoms with E-state index in [0.717, 1.165) is 36.5 Å². The van der Waals surface area contributed by atoms with E-state index < -0.39 is 11.6 Å². The lowest BCUT2D eigenvalue weighted by Crippen LogP contribution is -2.40. The van der Waals surface area contributed by atoms with Crippen LogP contribution in [0.5, 0.6) is 0 Å². The van der Waals surface area contributed by atoms with Gasteiger partial charge in [-0.15, -0.1) is 0 Å². The summed E-state index contributed by atoms with van der Waals surface area (Å²) in [7, 11) is 3.93. The van der Waals surface area contributed by atoms with Crippen LogP contribution in [0.1, 0.15) is 76.6 Å². The zero-order valence-electron chi connectivity index (χ0n) is 27.7. The fourth-order valence-corrected chi connectivity index (χ4v) is 4.78. The summed E-state index contributed by atoms with van der Waals surface area (Å²) in [5.41, 5.74) is 11.1. The van der Waals surface area contributed by atoms with Gasteiger partial charge >= 0.3 is 0 Å². The Morgan fingerprint density at radius 1 is 0.867 bits per heavy atom. The molecule has 3 aromatic rings. The number of aryl methyl sites for hydroxylation is 2. The second-order valence-corrected chi connectivity index (χ2v) is 11.6. The summed E-state index contributed by atoms with van der Waals surface area (Å²) >= 11 is 0. The number of carbonyl (C=O) groups is 2. The van der Waals surface area contributed by atoms with Gasteiger partial charge in [0.15, 0.2) is 0 Å². The molecule has 3 rings (SSSR count). The molecule has 0 aliphatic rings. The number of nitrogens with two attached hydrogens (primary N) is 1. The third-order valence-corrected chi connectivity index (χ3v) is 6.81. The average molecular weight is 625 g/mol. The molecule has 0 bridgehead atoms. The largest absolute Gasteiger partial charge is 0.375 e. The summed E-state index contributed by atoms with van der Waals surface area (Å²) < 4.78 is 30.1. The zero-order chi connectivity index (χ0) is 33.4. The van der Waals surface area contributed by atoms with E-state index in [2.05, 4.69) is 38.2 Å². The maximum atomic E-state index is 13.2. The van der Waals surface area contributed by atoms with Crippen molar-refractivity contribution in [2.24, 2.45) is 5.73 Å². The lowest BCUT2D eigenvalue weighted by atomic mass is 10.0. The normalized spacial score (nSPS) is 11.5. The van der Waals surface area contributed by atoms with Crippen molar-refractivity contribution in [2.75, 3.05) is 40.3 Å². The Morgan fingerprint density at radius 2 is 1.49 bits per heavy atom. The van der Waals surface area contributed by atoms with Crippen molar-refractivity contribution in [3.05, 3.63) is 106 Å². The van der Waals surface area contributed by atoms with Gasteiger partial charge in [0, 0.05) is 49.4 Å². The summed E-state index contributed by atoms with van der Waals surface area (Å²) in [6, 6.07) is 16.8. The minimum Gasteiger partial charge on any atom is -0.375 e. The van der Waals surface area contributed by atoms with Gasteiger partial charge in [-0.3, -0.25) is 9.59 Å². The van der Waals surface area contributed by atoms with Gasteiger partial charge in [0.1, 0.15) is 11.6 Å². The third-order valence-electron chi connectivity index (χ3n) is 6.81. The minimum absolute atomic E-state index is 0.0365. The van der Waals surface area contributed by atoms with Gasteiger partial charge in [-0.1, -0.05) is 45.0 Å². The van der Waals surface area contributed by atoms with E-state index in [1.807, 2.05) is 48.2 Å². The van der Waals surface area contributed by atoms with Crippen LogP contribution in [0.2, 0.25) is 0 Å². The fourth-order valence-electron chi connectivity index (χ4n) is 4.78. The van der Waals surface area contributed by atoms with Crippen LogP contribution in [-0.4, -0.2) is 68.0 Å². The van der Waals surface area contributed by atoms with Crippen LogP contribution in [0.4, 0.5) is 8.78 Å². The second kappa shape index (κ2) is 19.7. The van der Waals surface area contributed by atoms with E-state index >= 15 is 0 Å². The summed E-state index contributed by atoms with van der Waals surface area (Å²) in [5.74, 6) is -1.32. The molecule has 45 heavy (non-hydrogen) atoms. The first-order valence-electron chi connectivity index (χ1n) is 15.7. The summed E-state index contributed by atoms with van der Waals surface area (Å²) in [6.07, 6.45) is 2.76. The van der Waals surface area contributed by atoms with Gasteiger partial charge < -0.3 is 25.6 Å². The molecule has 0 aliphatic carbocycles. The number of benzene rings is 3. The summed E-state index contributed by atoms with van der Waals surface area (Å²) in [6.45, 7) is 11.0. The highest BCUT2D eigenvalue weighted by atomic mass is 19.1. The average Bonchev–Trinajstić information content (AvgIpc) is 2.98. The van der Waals surface area contributed by atoms with Crippen molar-refractivity contribution in [2.45, 2.75) is 66.2 Å². The van der Waals surface area contributed by atoms with Gasteiger partial charge in [0.05, 0.1) is 13.2 Å². The van der Waals surface area contributed by atoms with E-state index in [1.165, 1.54) is 17.7 Å². The maximum Gasteiger partial charge on any atom is 0.253 e.